The van der Waals surface area contributed by atoms with Gasteiger partial charge in [0.05, 0.1) is 6.61 Å². The van der Waals surface area contributed by atoms with Gasteiger partial charge in [0, 0.05) is 6.92 Å². The fourth-order valence-corrected chi connectivity index (χ4v) is 11.3. The molecular formula is C17H37O3Sn. The molecule has 4 heteroatoms. The Labute approximate surface area is 139 Å². The molecule has 0 aromatic rings. The van der Waals surface area contributed by atoms with Crippen LogP contribution in [0.4, 0.5) is 0 Å². The number of unbranched alkanes of at least 4 members (excludes halogenated alkanes) is 3. The fraction of sp³-hybridized carbons (Fsp3) is 0.941. The quantitative estimate of drug-likeness (QED) is 0.178. The van der Waals surface area contributed by atoms with Gasteiger partial charge in [0.1, 0.15) is 0 Å². The standard InChI is InChI=1S/C5H10O3.3C4H9.Sn/c1-3-4-7-8-5(2)6;3*1-3-4-2;/h3-4H2,1-2H3;3*1,3-4H2,2H3;. The van der Waals surface area contributed by atoms with Crippen molar-refractivity contribution in [3.63, 3.8) is 0 Å². The Kier molecular flexibility index (Phi) is 22.6. The van der Waals surface area contributed by atoms with Gasteiger partial charge in [-0.3, -0.25) is 4.89 Å². The van der Waals surface area contributed by atoms with Crippen molar-refractivity contribution < 1.29 is 14.6 Å². The van der Waals surface area contributed by atoms with E-state index >= 15 is 0 Å². The summed E-state index contributed by atoms with van der Waals surface area (Å²) in [6.45, 7) is 10.7. The van der Waals surface area contributed by atoms with Gasteiger partial charge in [-0.1, -0.05) is 6.92 Å². The van der Waals surface area contributed by atoms with Crippen molar-refractivity contribution in [1.82, 2.24) is 0 Å². The summed E-state index contributed by atoms with van der Waals surface area (Å²) in [6, 6.07) is 0. The van der Waals surface area contributed by atoms with Crippen molar-refractivity contribution >= 4 is 25.7 Å². The van der Waals surface area contributed by atoms with Gasteiger partial charge in [0.2, 0.25) is 0 Å². The number of hydrogen-bond donors (Lipinski definition) is 0. The first-order valence-electron chi connectivity index (χ1n) is 8.75. The SMILES string of the molecule is CCCOOC(C)=O.CCC[CH2][Sn]([CH2]CCC)[CH2]CCC. The average Bonchev–Trinajstić information content (AvgIpc) is 2.47. The minimum absolute atomic E-state index is 0.404. The zero-order chi connectivity index (χ0) is 16.3. The summed E-state index contributed by atoms with van der Waals surface area (Å²) in [5.74, 6) is -0.404. The van der Waals surface area contributed by atoms with E-state index in [0.29, 0.717) is 6.61 Å². The molecule has 0 aliphatic carbocycles. The Bertz CT molecular complexity index is 191. The van der Waals surface area contributed by atoms with Crippen LogP contribution in [-0.2, 0) is 14.6 Å². The third-order valence-electron chi connectivity index (χ3n) is 3.12. The van der Waals surface area contributed by atoms with E-state index < -0.39 is 25.7 Å². The predicted octanol–water partition coefficient (Wildman–Crippen LogP) is 5.77. The third kappa shape index (κ3) is 22.6. The van der Waals surface area contributed by atoms with E-state index in [0.717, 1.165) is 6.42 Å². The number of hydrogen-bond acceptors (Lipinski definition) is 3. The van der Waals surface area contributed by atoms with Crippen LogP contribution in [0.1, 0.15) is 79.6 Å². The van der Waals surface area contributed by atoms with Crippen LogP contribution < -0.4 is 0 Å². The molecule has 0 atom stereocenters. The summed E-state index contributed by atoms with van der Waals surface area (Å²) in [4.78, 5) is 18.5. The molecule has 0 saturated heterocycles. The number of carbonyl (C=O) groups excluding carboxylic acids is 1. The molecule has 0 aromatic heterocycles. The molecule has 127 valence electrons. The van der Waals surface area contributed by atoms with E-state index in [1.54, 1.807) is 13.3 Å². The van der Waals surface area contributed by atoms with Gasteiger partial charge in [-0.05, 0) is 6.42 Å². The van der Waals surface area contributed by atoms with Gasteiger partial charge in [0.25, 0.3) is 0 Å². The van der Waals surface area contributed by atoms with E-state index in [1.165, 1.54) is 45.4 Å². The van der Waals surface area contributed by atoms with E-state index in [-0.39, 0.29) is 0 Å². The molecule has 0 rings (SSSR count). The minimum atomic E-state index is -0.839. The topological polar surface area (TPSA) is 35.5 Å². The number of carbonyl (C=O) groups is 1. The van der Waals surface area contributed by atoms with Crippen molar-refractivity contribution in [3.8, 4) is 0 Å². The van der Waals surface area contributed by atoms with Crippen molar-refractivity contribution in [3.05, 3.63) is 0 Å². The molecule has 1 radical (unpaired) electrons. The van der Waals surface area contributed by atoms with Crippen molar-refractivity contribution in [2.75, 3.05) is 6.61 Å². The molecule has 0 bridgehead atoms. The summed E-state index contributed by atoms with van der Waals surface area (Å²) >= 11 is -0.839. The maximum absolute atomic E-state index is 9.97. The Morgan fingerprint density at radius 2 is 1.24 bits per heavy atom. The molecule has 0 heterocycles. The van der Waals surface area contributed by atoms with Crippen LogP contribution in [0, 0.1) is 0 Å². The van der Waals surface area contributed by atoms with E-state index in [4.69, 9.17) is 0 Å². The van der Waals surface area contributed by atoms with Crippen LogP contribution in [0.25, 0.3) is 0 Å². The van der Waals surface area contributed by atoms with E-state index in [9.17, 15) is 4.79 Å². The molecule has 0 fully saturated rings. The van der Waals surface area contributed by atoms with Crippen LogP contribution in [-0.4, -0.2) is 32.3 Å². The molecule has 0 spiro atoms. The first-order valence-corrected chi connectivity index (χ1v) is 14.8. The van der Waals surface area contributed by atoms with Crippen LogP contribution in [0.2, 0.25) is 13.3 Å². The molecule has 0 saturated carbocycles. The molecule has 21 heavy (non-hydrogen) atoms. The molecule has 0 N–H and O–H groups in total. The monoisotopic (exact) mass is 409 g/mol. The first kappa shape index (κ1) is 23.5. The normalized spacial score (nSPS) is 10.2. The summed E-state index contributed by atoms with van der Waals surface area (Å²) in [7, 11) is 0. The van der Waals surface area contributed by atoms with Crippen molar-refractivity contribution in [2.24, 2.45) is 0 Å². The molecule has 0 amide bonds. The second kappa shape index (κ2) is 20.2. The molecule has 3 nitrogen and oxygen atoms in total. The summed E-state index contributed by atoms with van der Waals surface area (Å²) in [6.07, 6.45) is 9.70. The predicted molar refractivity (Wildman–Crippen MR) is 92.9 cm³/mol. The summed E-state index contributed by atoms with van der Waals surface area (Å²) in [5.41, 5.74) is 0. The van der Waals surface area contributed by atoms with E-state index in [2.05, 4.69) is 30.5 Å². The second-order valence-corrected chi connectivity index (χ2v) is 14.0. The van der Waals surface area contributed by atoms with Gasteiger partial charge in [-0.2, -0.15) is 4.89 Å². The number of rotatable bonds is 12. The molecule has 0 unspecified atom stereocenters. The summed E-state index contributed by atoms with van der Waals surface area (Å²) in [5, 5.41) is 0. The Morgan fingerprint density at radius 1 is 0.810 bits per heavy atom. The van der Waals surface area contributed by atoms with Gasteiger partial charge >= 0.3 is 98.3 Å². The Morgan fingerprint density at radius 3 is 1.52 bits per heavy atom. The molecular weight excluding hydrogens is 371 g/mol. The third-order valence-corrected chi connectivity index (χ3v) is 12.2. The first-order chi connectivity index (χ1) is 10.1. The van der Waals surface area contributed by atoms with Gasteiger partial charge in [-0.15, -0.1) is 0 Å². The Hall–Kier alpha value is 0.229. The summed E-state index contributed by atoms with van der Waals surface area (Å²) < 4.78 is 5.04. The zero-order valence-electron chi connectivity index (χ0n) is 15.0. The molecule has 0 aromatic carbocycles. The van der Waals surface area contributed by atoms with Gasteiger partial charge < -0.3 is 0 Å². The average molecular weight is 408 g/mol. The van der Waals surface area contributed by atoms with Crippen LogP contribution >= 0.6 is 0 Å². The Balaban J connectivity index is 0. The van der Waals surface area contributed by atoms with Crippen molar-refractivity contribution in [1.29, 1.82) is 0 Å². The van der Waals surface area contributed by atoms with Crippen molar-refractivity contribution in [2.45, 2.75) is 92.9 Å². The molecule has 0 aliphatic rings. The van der Waals surface area contributed by atoms with Crippen LogP contribution in [0.15, 0.2) is 0 Å². The zero-order valence-corrected chi connectivity index (χ0v) is 17.9. The van der Waals surface area contributed by atoms with Gasteiger partial charge in [0.15, 0.2) is 0 Å². The maximum atomic E-state index is 9.97. The van der Waals surface area contributed by atoms with Gasteiger partial charge in [-0.25, -0.2) is 4.79 Å². The fourth-order valence-electron chi connectivity index (χ4n) is 1.86. The molecule has 0 aliphatic heterocycles. The second-order valence-electron chi connectivity index (χ2n) is 5.46. The van der Waals surface area contributed by atoms with Crippen LogP contribution in [0.5, 0.6) is 0 Å². The van der Waals surface area contributed by atoms with Crippen LogP contribution in [0.3, 0.4) is 0 Å². The van der Waals surface area contributed by atoms with E-state index in [1.807, 2.05) is 6.92 Å².